The van der Waals surface area contributed by atoms with Gasteiger partial charge in [-0.1, -0.05) is 36.4 Å². The van der Waals surface area contributed by atoms with Crippen molar-refractivity contribution in [2.24, 2.45) is 0 Å². The van der Waals surface area contributed by atoms with Gasteiger partial charge in [-0.25, -0.2) is 4.57 Å². The van der Waals surface area contributed by atoms with Gasteiger partial charge in [0.25, 0.3) is 0 Å². The summed E-state index contributed by atoms with van der Waals surface area (Å²) in [7, 11) is -2.54. The molecule has 236 valence electrons. The molecule has 0 aliphatic heterocycles. The molecule has 0 amide bonds. The van der Waals surface area contributed by atoms with Crippen molar-refractivity contribution < 1.29 is 87.6 Å². The number of rotatable bonds is 14. The number of ketones is 2. The fourth-order valence-electron chi connectivity index (χ4n) is 4.76. The van der Waals surface area contributed by atoms with Crippen molar-refractivity contribution in [3.05, 3.63) is 95.1 Å². The third kappa shape index (κ3) is 8.54. The Balaban J connectivity index is 0.00000576. The predicted octanol–water partition coefficient (Wildman–Crippen LogP) is 2.09. The number of aromatic hydroxyl groups is 4. The first-order valence-electron chi connectivity index (χ1n) is 13.6. The molecule has 0 saturated carbocycles. The Hall–Kier alpha value is -4.19. The Labute approximate surface area is 286 Å². The van der Waals surface area contributed by atoms with Crippen molar-refractivity contribution >= 4 is 19.4 Å². The van der Waals surface area contributed by atoms with E-state index in [1.807, 2.05) is 0 Å². The summed E-state index contributed by atoms with van der Waals surface area (Å²) in [5.41, 5.74) is 0.382. The van der Waals surface area contributed by atoms with Gasteiger partial charge >= 0.3 is 37.4 Å². The summed E-state index contributed by atoms with van der Waals surface area (Å²) in [4.78, 5) is 38.4. The Morgan fingerprint density at radius 2 is 0.957 bits per heavy atom. The number of para-hydroxylation sites is 2. The molecule has 0 radical (unpaired) electrons. The summed E-state index contributed by atoms with van der Waals surface area (Å²) < 4.78 is 34.3. The third-order valence-corrected chi connectivity index (χ3v) is 7.63. The standard InChI is InChI=1S/C32H31O12P.Na/c1-41-31-19(15-17-25(37)29-21(33)9-5-10-22(29)34)7-3-13-27(31)43-45(39,40)44-28-14-4-8-20(32(28)42-2)16-18-26(38)30-23(35)11-6-12-24(30)36;/h3-14,33-36H,15-18H2,1-2H3,(H,39,40);/q;+1/p-1. The zero-order valence-electron chi connectivity index (χ0n) is 25.3. The number of carbonyl (C=O) groups is 2. The van der Waals surface area contributed by atoms with Gasteiger partial charge in [0.2, 0.25) is 0 Å². The largest absolute Gasteiger partial charge is 1.00 e. The maximum atomic E-state index is 13.0. The van der Waals surface area contributed by atoms with E-state index in [2.05, 4.69) is 0 Å². The molecule has 12 nitrogen and oxygen atoms in total. The van der Waals surface area contributed by atoms with Gasteiger partial charge in [-0.05, 0) is 60.4 Å². The minimum absolute atomic E-state index is 0. The van der Waals surface area contributed by atoms with Gasteiger partial charge < -0.3 is 43.8 Å². The number of phenolic OH excluding ortho intramolecular Hbond substituents is 4. The molecule has 0 unspecified atom stereocenters. The second kappa shape index (κ2) is 15.9. The maximum absolute atomic E-state index is 13.0. The molecule has 0 heterocycles. The van der Waals surface area contributed by atoms with E-state index in [-0.39, 0.29) is 112 Å². The molecule has 4 rings (SSSR count). The summed E-state index contributed by atoms with van der Waals surface area (Å²) in [6.45, 7) is 0. The molecule has 0 fully saturated rings. The van der Waals surface area contributed by atoms with Gasteiger partial charge in [0.15, 0.2) is 34.6 Å². The number of benzene rings is 4. The molecule has 0 aromatic heterocycles. The van der Waals surface area contributed by atoms with Crippen LogP contribution in [0.3, 0.4) is 0 Å². The predicted molar refractivity (Wildman–Crippen MR) is 160 cm³/mol. The number of phosphoric acid groups is 1. The number of Topliss-reactive ketones (excluding diaryl/α,β-unsaturated/α-hetero) is 2. The van der Waals surface area contributed by atoms with E-state index in [0.29, 0.717) is 11.1 Å². The van der Waals surface area contributed by atoms with E-state index in [1.54, 1.807) is 12.1 Å². The number of aryl methyl sites for hydroxylation is 2. The van der Waals surface area contributed by atoms with Crippen LogP contribution in [0.5, 0.6) is 46.0 Å². The molecule has 0 atom stereocenters. The monoisotopic (exact) mass is 660 g/mol. The van der Waals surface area contributed by atoms with Gasteiger partial charge in [-0.2, -0.15) is 0 Å². The van der Waals surface area contributed by atoms with Crippen LogP contribution in [-0.4, -0.2) is 46.2 Å². The van der Waals surface area contributed by atoms with Crippen LogP contribution in [0.1, 0.15) is 44.7 Å². The van der Waals surface area contributed by atoms with E-state index in [1.165, 1.54) is 74.9 Å². The van der Waals surface area contributed by atoms with Gasteiger partial charge in [0.05, 0.1) is 14.2 Å². The van der Waals surface area contributed by atoms with Crippen LogP contribution in [-0.2, 0) is 17.4 Å². The molecule has 0 saturated heterocycles. The van der Waals surface area contributed by atoms with Crippen LogP contribution < -0.4 is 53.0 Å². The molecule has 4 aromatic carbocycles. The quantitative estimate of drug-likeness (QED) is 0.0876. The van der Waals surface area contributed by atoms with Crippen molar-refractivity contribution in [2.75, 3.05) is 14.2 Å². The van der Waals surface area contributed by atoms with Gasteiger partial charge in [0.1, 0.15) is 34.1 Å². The Morgan fingerprint density at radius 1 is 0.630 bits per heavy atom. The van der Waals surface area contributed by atoms with Gasteiger partial charge in [-0.15, -0.1) is 0 Å². The molecule has 4 aromatic rings. The van der Waals surface area contributed by atoms with Crippen LogP contribution in [0, 0.1) is 0 Å². The molecular formula is C32H30NaO12P. The molecule has 0 aliphatic rings. The van der Waals surface area contributed by atoms with Crippen LogP contribution in [0.15, 0.2) is 72.8 Å². The van der Waals surface area contributed by atoms with Gasteiger partial charge in [0, 0.05) is 12.8 Å². The van der Waals surface area contributed by atoms with Crippen molar-refractivity contribution in [3.8, 4) is 46.0 Å². The van der Waals surface area contributed by atoms with Gasteiger partial charge in [-0.3, -0.25) is 9.59 Å². The van der Waals surface area contributed by atoms with Crippen molar-refractivity contribution in [3.63, 3.8) is 0 Å². The first kappa shape index (κ1) is 36.3. The molecule has 0 spiro atoms. The number of methoxy groups -OCH3 is 2. The Morgan fingerprint density at radius 3 is 1.28 bits per heavy atom. The zero-order valence-corrected chi connectivity index (χ0v) is 28.2. The molecule has 0 aliphatic carbocycles. The smallest absolute Gasteiger partial charge is 0.736 e. The SMILES string of the molecule is COc1c(CCC(=O)c2c(O)cccc2O)cccc1OP(=O)([O-])Oc1cccc(CCC(=O)c2c(O)cccc2O)c1OC.[Na+]. The number of carbonyl (C=O) groups excluding carboxylic acids is 2. The number of phosphoric ester groups is 1. The molecule has 46 heavy (non-hydrogen) atoms. The number of phenols is 4. The minimum Gasteiger partial charge on any atom is -0.736 e. The van der Waals surface area contributed by atoms with Crippen LogP contribution in [0.25, 0.3) is 0 Å². The van der Waals surface area contributed by atoms with E-state index in [0.717, 1.165) is 0 Å². The zero-order chi connectivity index (χ0) is 32.7. The first-order valence-corrected chi connectivity index (χ1v) is 15.0. The summed E-state index contributed by atoms with van der Waals surface area (Å²) in [5.74, 6) is -2.92. The van der Waals surface area contributed by atoms with E-state index >= 15 is 0 Å². The van der Waals surface area contributed by atoms with E-state index in [4.69, 9.17) is 18.5 Å². The molecular weight excluding hydrogens is 630 g/mol. The molecule has 4 N–H and O–H groups in total. The Bertz CT molecular complexity index is 1610. The van der Waals surface area contributed by atoms with Crippen molar-refractivity contribution in [1.29, 1.82) is 0 Å². The summed E-state index contributed by atoms with van der Waals surface area (Å²) in [5, 5.41) is 39.9. The second-order valence-electron chi connectivity index (χ2n) is 9.72. The van der Waals surface area contributed by atoms with E-state index in [9.17, 15) is 39.5 Å². The number of ether oxygens (including phenoxy) is 2. The normalized spacial score (nSPS) is 10.8. The summed E-state index contributed by atoms with van der Waals surface area (Å²) in [6, 6.07) is 16.8. The van der Waals surface area contributed by atoms with E-state index < -0.39 is 19.4 Å². The van der Waals surface area contributed by atoms with Crippen LogP contribution >= 0.6 is 7.82 Å². The maximum Gasteiger partial charge on any atom is 1.00 e. The summed E-state index contributed by atoms with van der Waals surface area (Å²) in [6.07, 6.45) is -0.173. The average Bonchev–Trinajstić information content (AvgIpc) is 2.98. The summed E-state index contributed by atoms with van der Waals surface area (Å²) >= 11 is 0. The van der Waals surface area contributed by atoms with Crippen LogP contribution in [0.2, 0.25) is 0 Å². The molecule has 14 heteroatoms. The fourth-order valence-corrected chi connectivity index (χ4v) is 5.56. The average molecular weight is 661 g/mol. The second-order valence-corrected chi connectivity index (χ2v) is 11.0. The minimum atomic E-state index is -5.13. The number of hydrogen-bond donors (Lipinski definition) is 4. The van der Waals surface area contributed by atoms with Crippen molar-refractivity contribution in [2.45, 2.75) is 25.7 Å². The van der Waals surface area contributed by atoms with Crippen LogP contribution in [0.4, 0.5) is 0 Å². The van der Waals surface area contributed by atoms with Crippen molar-refractivity contribution in [1.82, 2.24) is 0 Å². The molecule has 0 bridgehead atoms. The first-order chi connectivity index (χ1) is 21.5. The number of hydrogen-bond acceptors (Lipinski definition) is 12. The third-order valence-electron chi connectivity index (χ3n) is 6.79. The Kier molecular flexibility index (Phi) is 12.5. The fraction of sp³-hybridized carbons (Fsp3) is 0.188. The topological polar surface area (TPSA) is 192 Å².